The van der Waals surface area contributed by atoms with Crippen molar-refractivity contribution in [3.8, 4) is 0 Å². The summed E-state index contributed by atoms with van der Waals surface area (Å²) < 4.78 is 67.5. The highest BCUT2D eigenvalue weighted by atomic mass is 79.9. The first-order valence-corrected chi connectivity index (χ1v) is 17.8. The van der Waals surface area contributed by atoms with Gasteiger partial charge in [-0.15, -0.1) is 0 Å². The first-order chi connectivity index (χ1) is 20.5. The van der Waals surface area contributed by atoms with E-state index < -0.39 is 38.4 Å². The molecule has 44 heavy (non-hydrogen) atoms. The molecule has 4 aromatic carbocycles. The minimum Gasteiger partial charge on any atom is -0.399 e. The second-order valence-electron chi connectivity index (χ2n) is 10.8. The summed E-state index contributed by atoms with van der Waals surface area (Å²) in [5.41, 5.74) is 0.525. The molecule has 0 atom stereocenters. The van der Waals surface area contributed by atoms with E-state index in [9.17, 15) is 16.8 Å². The zero-order chi connectivity index (χ0) is 32.3. The molecule has 0 aliphatic carbocycles. The highest BCUT2D eigenvalue weighted by Gasteiger charge is 2.51. The van der Waals surface area contributed by atoms with Crippen molar-refractivity contribution in [2.75, 3.05) is 9.44 Å². The van der Waals surface area contributed by atoms with E-state index in [4.69, 9.17) is 32.5 Å². The van der Waals surface area contributed by atoms with Crippen LogP contribution in [0.25, 0.3) is 0 Å². The van der Waals surface area contributed by atoms with Crippen molar-refractivity contribution in [1.82, 2.24) is 0 Å². The van der Waals surface area contributed by atoms with Gasteiger partial charge in [0.1, 0.15) is 9.79 Å². The average Bonchev–Trinajstić information content (AvgIpc) is 3.17. The number of para-hydroxylation sites is 2. The molecule has 1 aliphatic rings. The summed E-state index contributed by atoms with van der Waals surface area (Å²) >= 11 is 15.3. The van der Waals surface area contributed by atoms with Gasteiger partial charge in [-0.05, 0) is 87.8 Å². The molecule has 1 aliphatic heterocycles. The van der Waals surface area contributed by atoms with Crippen LogP contribution >= 0.6 is 39.1 Å². The molecule has 0 radical (unpaired) electrons. The molecule has 0 bridgehead atoms. The van der Waals surface area contributed by atoms with Gasteiger partial charge in [0.2, 0.25) is 0 Å². The third kappa shape index (κ3) is 8.17. The average molecular weight is 740 g/mol. The van der Waals surface area contributed by atoms with Gasteiger partial charge in [0.05, 0.1) is 21.2 Å². The van der Waals surface area contributed by atoms with Crippen molar-refractivity contribution >= 4 is 83.1 Å². The Morgan fingerprint density at radius 1 is 0.636 bits per heavy atom. The van der Waals surface area contributed by atoms with Gasteiger partial charge in [-0.3, -0.25) is 9.44 Å². The van der Waals surface area contributed by atoms with Crippen LogP contribution in [0.1, 0.15) is 27.7 Å². The van der Waals surface area contributed by atoms with Crippen LogP contribution in [-0.4, -0.2) is 35.2 Å². The van der Waals surface area contributed by atoms with Crippen LogP contribution in [0, 0.1) is 0 Å². The topological polar surface area (TPSA) is 111 Å². The van der Waals surface area contributed by atoms with Crippen LogP contribution in [0.2, 0.25) is 10.0 Å². The van der Waals surface area contributed by atoms with Crippen molar-refractivity contribution in [3.05, 3.63) is 112 Å². The van der Waals surface area contributed by atoms with Crippen molar-refractivity contribution < 1.29 is 26.1 Å². The van der Waals surface area contributed by atoms with E-state index in [-0.39, 0.29) is 19.8 Å². The summed E-state index contributed by atoms with van der Waals surface area (Å²) in [6.45, 7) is 7.77. The molecule has 1 saturated heterocycles. The molecular formula is C30H30BBrCl2N2O6S2. The van der Waals surface area contributed by atoms with Crippen molar-refractivity contribution in [1.29, 1.82) is 0 Å². The molecule has 2 N–H and O–H groups in total. The summed E-state index contributed by atoms with van der Waals surface area (Å²) in [4.78, 5) is 0.0256. The fourth-order valence-electron chi connectivity index (χ4n) is 3.97. The van der Waals surface area contributed by atoms with E-state index in [0.717, 1.165) is 0 Å². The Balaban J connectivity index is 0.000000215. The molecule has 0 unspecified atom stereocenters. The molecule has 0 saturated carbocycles. The Kier molecular flexibility index (Phi) is 10.5. The van der Waals surface area contributed by atoms with Crippen molar-refractivity contribution in [2.45, 2.75) is 48.7 Å². The highest BCUT2D eigenvalue weighted by Crippen LogP contribution is 2.37. The third-order valence-electron chi connectivity index (χ3n) is 7.00. The summed E-state index contributed by atoms with van der Waals surface area (Å²) in [6.07, 6.45) is 0. The van der Waals surface area contributed by atoms with Gasteiger partial charge in [-0.1, -0.05) is 81.6 Å². The van der Waals surface area contributed by atoms with E-state index in [1.54, 1.807) is 66.7 Å². The highest BCUT2D eigenvalue weighted by molar-refractivity contribution is 9.10. The minimum absolute atomic E-state index is 0.0183. The molecular weight excluding hydrogens is 710 g/mol. The Labute approximate surface area is 277 Å². The van der Waals surface area contributed by atoms with E-state index in [0.29, 0.717) is 21.3 Å². The van der Waals surface area contributed by atoms with Crippen molar-refractivity contribution in [2.24, 2.45) is 0 Å². The SMILES string of the molecule is CC1(C)OB(c2ccc(Cl)c(S(=O)(=O)Nc3ccccc3)c2)OC1(C)C.O=S(=O)(Nc1ccccc1)c1cc(Br)ccc1Cl. The second kappa shape index (κ2) is 13.4. The summed E-state index contributed by atoms with van der Waals surface area (Å²) in [7, 11) is -8.19. The lowest BCUT2D eigenvalue weighted by Crippen LogP contribution is -2.41. The minimum atomic E-state index is -3.85. The largest absolute Gasteiger partial charge is 0.494 e. The lowest BCUT2D eigenvalue weighted by molar-refractivity contribution is 0.00578. The predicted molar refractivity (Wildman–Crippen MR) is 181 cm³/mol. The summed E-state index contributed by atoms with van der Waals surface area (Å²) in [6, 6.07) is 26.7. The molecule has 14 heteroatoms. The number of sulfonamides is 2. The molecule has 0 spiro atoms. The maximum absolute atomic E-state index is 12.8. The van der Waals surface area contributed by atoms with Gasteiger partial charge in [0.25, 0.3) is 20.0 Å². The quantitative estimate of drug-likeness (QED) is 0.192. The monoisotopic (exact) mass is 738 g/mol. The first kappa shape index (κ1) is 34.3. The smallest absolute Gasteiger partial charge is 0.399 e. The number of rotatable bonds is 7. The molecule has 1 heterocycles. The Hall–Kier alpha value is -2.58. The Morgan fingerprint density at radius 2 is 1.05 bits per heavy atom. The fourth-order valence-corrected chi connectivity index (χ4v) is 7.66. The van der Waals surface area contributed by atoms with Gasteiger partial charge in [0.15, 0.2) is 0 Å². The van der Waals surface area contributed by atoms with Crippen LogP contribution in [-0.2, 0) is 29.4 Å². The first-order valence-electron chi connectivity index (χ1n) is 13.3. The van der Waals surface area contributed by atoms with Gasteiger partial charge in [-0.25, -0.2) is 16.8 Å². The van der Waals surface area contributed by atoms with E-state index >= 15 is 0 Å². The predicted octanol–water partition coefficient (Wildman–Crippen LogP) is 7.34. The second-order valence-corrected chi connectivity index (χ2v) is 15.8. The lowest BCUT2D eigenvalue weighted by Gasteiger charge is -2.32. The standard InChI is InChI=1S/C18H21BClNO4S.C12H9BrClNO2S/c1-17(2)18(3,4)25-19(24-17)13-10-11-15(20)16(12-13)26(22,23)21-14-8-6-5-7-9-14;13-9-6-7-11(14)12(8-9)18(16,17)15-10-4-2-1-3-5-10/h5-12,21H,1-4H3;1-8,15H. The van der Waals surface area contributed by atoms with Crippen LogP contribution in [0.5, 0.6) is 0 Å². The lowest BCUT2D eigenvalue weighted by atomic mass is 9.79. The number of benzene rings is 4. The van der Waals surface area contributed by atoms with Crippen LogP contribution in [0.4, 0.5) is 11.4 Å². The molecule has 1 fully saturated rings. The molecule has 232 valence electrons. The van der Waals surface area contributed by atoms with Gasteiger partial charge < -0.3 is 9.31 Å². The van der Waals surface area contributed by atoms with Crippen LogP contribution < -0.4 is 14.9 Å². The van der Waals surface area contributed by atoms with E-state index in [1.165, 1.54) is 18.2 Å². The number of hydrogen-bond donors (Lipinski definition) is 2. The third-order valence-corrected chi connectivity index (χ3v) is 11.2. The normalized spacial score (nSPS) is 15.7. The fraction of sp³-hybridized carbons (Fsp3) is 0.200. The number of anilines is 2. The number of nitrogens with one attached hydrogen (secondary N) is 2. The molecule has 0 amide bonds. The Morgan fingerprint density at radius 3 is 1.50 bits per heavy atom. The molecule has 8 nitrogen and oxygen atoms in total. The molecule has 4 aromatic rings. The number of halogens is 3. The van der Waals surface area contributed by atoms with Crippen LogP contribution in [0.15, 0.2) is 111 Å². The van der Waals surface area contributed by atoms with E-state index in [2.05, 4.69) is 25.4 Å². The maximum Gasteiger partial charge on any atom is 0.494 e. The van der Waals surface area contributed by atoms with Gasteiger partial charge in [-0.2, -0.15) is 0 Å². The zero-order valence-electron chi connectivity index (χ0n) is 24.2. The van der Waals surface area contributed by atoms with Gasteiger partial charge in [0, 0.05) is 15.8 Å². The number of hydrogen-bond acceptors (Lipinski definition) is 6. The molecule has 5 rings (SSSR count). The van der Waals surface area contributed by atoms with Gasteiger partial charge >= 0.3 is 7.12 Å². The molecule has 0 aromatic heterocycles. The van der Waals surface area contributed by atoms with Crippen LogP contribution in [0.3, 0.4) is 0 Å². The summed E-state index contributed by atoms with van der Waals surface area (Å²) in [5, 5.41) is 0.315. The zero-order valence-corrected chi connectivity index (χ0v) is 28.9. The Bertz CT molecular complexity index is 1830. The maximum atomic E-state index is 12.8. The summed E-state index contributed by atoms with van der Waals surface area (Å²) in [5.74, 6) is 0. The van der Waals surface area contributed by atoms with Crippen molar-refractivity contribution in [3.63, 3.8) is 0 Å². The van der Waals surface area contributed by atoms with E-state index in [1.807, 2.05) is 39.8 Å².